The molecule has 1 unspecified atom stereocenters. The molecule has 0 aromatic heterocycles. The Kier molecular flexibility index (Phi) is 7.36. The lowest BCUT2D eigenvalue weighted by Crippen LogP contribution is -2.46. The topological polar surface area (TPSA) is 107 Å². The Morgan fingerprint density at radius 2 is 1.74 bits per heavy atom. The van der Waals surface area contributed by atoms with Gasteiger partial charge in [0.2, 0.25) is 0 Å². The van der Waals surface area contributed by atoms with E-state index >= 15 is 0 Å². The van der Waals surface area contributed by atoms with Crippen molar-refractivity contribution in [1.82, 2.24) is 0 Å². The molecule has 0 saturated heterocycles. The number of amides is 1. The lowest BCUT2D eigenvalue weighted by Gasteiger charge is -2.27. The molecule has 0 bridgehead atoms. The van der Waals surface area contributed by atoms with E-state index in [1.54, 1.807) is 6.92 Å². The summed E-state index contributed by atoms with van der Waals surface area (Å²) in [5.74, 6) is -2.53. The summed E-state index contributed by atoms with van der Waals surface area (Å²) in [6.07, 6.45) is -4.43. The fourth-order valence-electron chi connectivity index (χ4n) is 2.83. The van der Waals surface area contributed by atoms with Crippen molar-refractivity contribution < 1.29 is 31.5 Å². The average molecular weight is 475 g/mol. The number of nitriles is 1. The first-order valence-electron chi connectivity index (χ1n) is 8.94. The second kappa shape index (κ2) is 9.26. The van der Waals surface area contributed by atoms with Crippen LogP contribution >= 0.6 is 11.6 Å². The molecule has 0 aliphatic heterocycles. The molecule has 31 heavy (non-hydrogen) atoms. The number of nitrogens with one attached hydrogen (secondary N) is 1. The van der Waals surface area contributed by atoms with E-state index in [0.717, 1.165) is 12.1 Å². The normalized spacial score (nSPS) is 13.8. The van der Waals surface area contributed by atoms with Crippen LogP contribution in [-0.2, 0) is 26.4 Å². The molecule has 6 nitrogen and oxygen atoms in total. The first-order valence-corrected chi connectivity index (χ1v) is 11.1. The van der Waals surface area contributed by atoms with Crippen molar-refractivity contribution in [1.29, 1.82) is 5.26 Å². The minimum atomic E-state index is -4.65. The van der Waals surface area contributed by atoms with E-state index in [-0.39, 0.29) is 34.0 Å². The van der Waals surface area contributed by atoms with Crippen LogP contribution in [-0.4, -0.2) is 30.9 Å². The van der Waals surface area contributed by atoms with Crippen LogP contribution in [0.4, 0.5) is 18.9 Å². The molecule has 0 saturated carbocycles. The zero-order valence-corrected chi connectivity index (χ0v) is 17.8. The number of hydrogen-bond acceptors (Lipinski definition) is 5. The molecular formula is C20H18ClF3N2O4S. The lowest BCUT2D eigenvalue weighted by atomic mass is 9.93. The van der Waals surface area contributed by atoms with Crippen molar-refractivity contribution in [3.63, 3.8) is 0 Å². The van der Waals surface area contributed by atoms with E-state index in [1.807, 2.05) is 6.07 Å². The Balaban J connectivity index is 2.47. The van der Waals surface area contributed by atoms with Gasteiger partial charge in [0.15, 0.2) is 15.4 Å². The molecule has 0 aliphatic rings. The van der Waals surface area contributed by atoms with Gasteiger partial charge in [-0.1, -0.05) is 30.7 Å². The van der Waals surface area contributed by atoms with Gasteiger partial charge in [-0.25, -0.2) is 8.42 Å². The monoisotopic (exact) mass is 474 g/mol. The number of rotatable bonds is 7. The summed E-state index contributed by atoms with van der Waals surface area (Å²) in [6, 6.07) is 8.70. The summed E-state index contributed by atoms with van der Waals surface area (Å²) in [5, 5.41) is 22.3. The molecule has 0 radical (unpaired) electrons. The number of alkyl halides is 3. The Morgan fingerprint density at radius 3 is 2.23 bits per heavy atom. The summed E-state index contributed by atoms with van der Waals surface area (Å²) in [6.45, 7) is 1.59. The molecule has 2 rings (SSSR count). The van der Waals surface area contributed by atoms with Crippen LogP contribution in [0.1, 0.15) is 30.0 Å². The minimum absolute atomic E-state index is 0.0111. The molecule has 0 aliphatic carbocycles. The number of halogens is 4. The lowest BCUT2D eigenvalue weighted by molar-refractivity contribution is -0.137. The summed E-state index contributed by atoms with van der Waals surface area (Å²) in [7, 11) is -3.93. The highest BCUT2D eigenvalue weighted by Gasteiger charge is 2.43. The Bertz CT molecular complexity index is 1110. The van der Waals surface area contributed by atoms with Gasteiger partial charge in [-0.05, 0) is 42.3 Å². The van der Waals surface area contributed by atoms with Crippen LogP contribution in [0.5, 0.6) is 0 Å². The van der Waals surface area contributed by atoms with Crippen molar-refractivity contribution in [2.45, 2.75) is 25.1 Å². The van der Waals surface area contributed by atoms with Gasteiger partial charge in [0, 0.05) is 5.69 Å². The Labute approximate surface area is 182 Å². The number of nitrogens with zero attached hydrogens (tertiary/aromatic N) is 1. The number of benzene rings is 2. The van der Waals surface area contributed by atoms with Crippen molar-refractivity contribution in [3.05, 3.63) is 64.2 Å². The highest BCUT2D eigenvalue weighted by molar-refractivity contribution is 7.91. The zero-order chi connectivity index (χ0) is 23.4. The summed E-state index contributed by atoms with van der Waals surface area (Å²) in [4.78, 5) is 12.9. The molecule has 11 heteroatoms. The van der Waals surface area contributed by atoms with Gasteiger partial charge < -0.3 is 10.4 Å². The molecule has 2 aromatic carbocycles. The second-order valence-corrected chi connectivity index (χ2v) is 9.38. The number of anilines is 1. The highest BCUT2D eigenvalue weighted by Crippen LogP contribution is 2.32. The van der Waals surface area contributed by atoms with Crippen LogP contribution in [0.15, 0.2) is 42.5 Å². The molecule has 2 aromatic rings. The van der Waals surface area contributed by atoms with Gasteiger partial charge in [-0.2, -0.15) is 18.4 Å². The number of carbonyl (C=O) groups excluding carboxylic acids is 1. The van der Waals surface area contributed by atoms with Gasteiger partial charge in [-0.3, -0.25) is 4.79 Å². The fourth-order valence-corrected chi connectivity index (χ4v) is 4.76. The molecular weight excluding hydrogens is 457 g/mol. The van der Waals surface area contributed by atoms with E-state index in [4.69, 9.17) is 16.9 Å². The highest BCUT2D eigenvalue weighted by atomic mass is 35.5. The third kappa shape index (κ3) is 5.97. The van der Waals surface area contributed by atoms with Gasteiger partial charge in [-0.15, -0.1) is 0 Å². The molecule has 1 amide bonds. The summed E-state index contributed by atoms with van der Waals surface area (Å²) in [5.41, 5.74) is -3.82. The van der Waals surface area contributed by atoms with Crippen LogP contribution < -0.4 is 5.32 Å². The summed E-state index contributed by atoms with van der Waals surface area (Å²) >= 11 is 5.91. The maximum atomic E-state index is 12.9. The van der Waals surface area contributed by atoms with E-state index in [2.05, 4.69) is 5.32 Å². The molecule has 0 spiro atoms. The van der Waals surface area contributed by atoms with Crippen LogP contribution in [0, 0.1) is 11.3 Å². The second-order valence-electron chi connectivity index (χ2n) is 6.79. The van der Waals surface area contributed by atoms with E-state index in [1.165, 1.54) is 18.2 Å². The van der Waals surface area contributed by atoms with Crippen LogP contribution in [0.25, 0.3) is 0 Å². The molecule has 0 heterocycles. The third-order valence-electron chi connectivity index (χ3n) is 4.36. The molecule has 166 valence electrons. The van der Waals surface area contributed by atoms with Crippen LogP contribution in [0.3, 0.4) is 0 Å². The predicted molar refractivity (Wildman–Crippen MR) is 109 cm³/mol. The van der Waals surface area contributed by atoms with E-state index in [0.29, 0.717) is 12.1 Å². The standard InChI is InChI=1S/C20H18ClF3N2O4S/c1-2-9-31(29,30)12-19(28,14-4-6-15(7-5-14)20(22,23)24)18(27)26-16-8-3-13(11-25)17(21)10-16/h3-8,10,28H,2,9,12H2,1H3,(H,26,27). The van der Waals surface area contributed by atoms with Gasteiger partial charge in [0.1, 0.15) is 6.07 Å². The predicted octanol–water partition coefficient (Wildman–Crippen LogP) is 3.88. The Morgan fingerprint density at radius 1 is 1.16 bits per heavy atom. The number of carbonyl (C=O) groups is 1. The SMILES string of the molecule is CCCS(=O)(=O)CC(O)(C(=O)Nc1ccc(C#N)c(Cl)c1)c1ccc(C(F)(F)F)cc1. The van der Waals surface area contributed by atoms with Gasteiger partial charge in [0.25, 0.3) is 5.91 Å². The zero-order valence-electron chi connectivity index (χ0n) is 16.2. The van der Waals surface area contributed by atoms with Crippen molar-refractivity contribution in [3.8, 4) is 6.07 Å². The van der Waals surface area contributed by atoms with Crippen molar-refractivity contribution in [2.24, 2.45) is 0 Å². The van der Waals surface area contributed by atoms with Gasteiger partial charge >= 0.3 is 6.18 Å². The first kappa shape index (κ1) is 24.7. The van der Waals surface area contributed by atoms with E-state index < -0.39 is 38.8 Å². The molecule has 2 N–H and O–H groups in total. The largest absolute Gasteiger partial charge is 0.416 e. The smallest absolute Gasteiger partial charge is 0.374 e. The first-order chi connectivity index (χ1) is 14.3. The average Bonchev–Trinajstić information content (AvgIpc) is 2.67. The van der Waals surface area contributed by atoms with E-state index in [9.17, 15) is 31.5 Å². The van der Waals surface area contributed by atoms with Crippen LogP contribution in [0.2, 0.25) is 5.02 Å². The maximum Gasteiger partial charge on any atom is 0.416 e. The van der Waals surface area contributed by atoms with Gasteiger partial charge in [0.05, 0.1) is 27.7 Å². The number of sulfone groups is 1. The molecule has 1 atom stereocenters. The summed E-state index contributed by atoms with van der Waals surface area (Å²) < 4.78 is 63.3. The van der Waals surface area contributed by atoms with Crippen molar-refractivity contribution >= 4 is 33.0 Å². The number of aliphatic hydroxyl groups is 1. The quantitative estimate of drug-likeness (QED) is 0.633. The van der Waals surface area contributed by atoms with Crippen molar-refractivity contribution in [2.75, 3.05) is 16.8 Å². The maximum absolute atomic E-state index is 12.9. The third-order valence-corrected chi connectivity index (χ3v) is 6.56. The minimum Gasteiger partial charge on any atom is -0.374 e. The molecule has 0 fully saturated rings. The fraction of sp³-hybridized carbons (Fsp3) is 0.300. The Hall–Kier alpha value is -2.61. The number of hydrogen-bond donors (Lipinski definition) is 2.